The van der Waals surface area contributed by atoms with E-state index in [4.69, 9.17) is 0 Å². The van der Waals surface area contributed by atoms with Crippen molar-refractivity contribution < 1.29 is 0 Å². The molecule has 1 atom stereocenters. The molecule has 0 radical (unpaired) electrons. The van der Waals surface area contributed by atoms with E-state index in [-0.39, 0.29) is 4.83 Å². The van der Waals surface area contributed by atoms with Gasteiger partial charge in [-0.25, -0.2) is 4.68 Å². The first-order valence-electron chi connectivity index (χ1n) is 5.75. The van der Waals surface area contributed by atoms with Gasteiger partial charge in [-0.15, -0.1) is 5.10 Å². The molecule has 0 fully saturated rings. The Kier molecular flexibility index (Phi) is 3.62. The Morgan fingerprint density at radius 3 is 2.47 bits per heavy atom. The first kappa shape index (κ1) is 12.3. The fourth-order valence-electron chi connectivity index (χ4n) is 1.76. The lowest BCUT2D eigenvalue weighted by Gasteiger charge is -2.11. The first-order chi connectivity index (χ1) is 8.09. The molecular weight excluding hydrogens is 278 g/mol. The van der Waals surface area contributed by atoms with Crippen molar-refractivity contribution in [3.8, 4) is 5.69 Å². The molecule has 4 heteroatoms. The number of benzene rings is 1. The zero-order valence-corrected chi connectivity index (χ0v) is 11.8. The molecule has 1 aromatic carbocycles. The lowest BCUT2D eigenvalue weighted by Crippen LogP contribution is -2.01. The van der Waals surface area contributed by atoms with Crippen LogP contribution >= 0.6 is 15.9 Å². The summed E-state index contributed by atoms with van der Waals surface area (Å²) in [5, 5.41) is 8.35. The SMILES string of the molecule is CC(C)c1ccccc1-n1cc(C(C)Br)nn1. The summed E-state index contributed by atoms with van der Waals surface area (Å²) in [5.41, 5.74) is 3.34. The number of aromatic nitrogens is 3. The van der Waals surface area contributed by atoms with E-state index >= 15 is 0 Å². The molecule has 2 aromatic rings. The van der Waals surface area contributed by atoms with Gasteiger partial charge in [0.2, 0.25) is 0 Å². The smallest absolute Gasteiger partial charge is 0.0965 e. The topological polar surface area (TPSA) is 30.7 Å². The van der Waals surface area contributed by atoms with Crippen molar-refractivity contribution in [3.63, 3.8) is 0 Å². The Morgan fingerprint density at radius 2 is 1.88 bits per heavy atom. The third-order valence-corrected chi connectivity index (χ3v) is 3.19. The van der Waals surface area contributed by atoms with E-state index in [1.807, 2.05) is 23.9 Å². The van der Waals surface area contributed by atoms with E-state index in [0.29, 0.717) is 5.92 Å². The van der Waals surface area contributed by atoms with Gasteiger partial charge in [0, 0.05) is 0 Å². The van der Waals surface area contributed by atoms with Crippen LogP contribution in [-0.4, -0.2) is 15.0 Å². The van der Waals surface area contributed by atoms with Gasteiger partial charge in [-0.2, -0.15) is 0 Å². The molecule has 1 unspecified atom stereocenters. The minimum absolute atomic E-state index is 0.225. The maximum atomic E-state index is 4.19. The molecule has 0 bridgehead atoms. The standard InChI is InChI=1S/C13H16BrN3/c1-9(2)11-6-4-5-7-13(11)17-8-12(10(3)14)15-16-17/h4-10H,1-3H3. The molecule has 90 valence electrons. The van der Waals surface area contributed by atoms with Crippen LogP contribution < -0.4 is 0 Å². The minimum Gasteiger partial charge on any atom is -0.220 e. The molecule has 0 aliphatic rings. The third-order valence-electron chi connectivity index (χ3n) is 2.72. The van der Waals surface area contributed by atoms with Crippen molar-refractivity contribution in [1.29, 1.82) is 0 Å². The molecule has 0 N–H and O–H groups in total. The van der Waals surface area contributed by atoms with E-state index in [9.17, 15) is 0 Å². The van der Waals surface area contributed by atoms with E-state index < -0.39 is 0 Å². The van der Waals surface area contributed by atoms with Crippen molar-refractivity contribution >= 4 is 15.9 Å². The molecule has 0 saturated heterocycles. The number of hydrogen-bond acceptors (Lipinski definition) is 2. The van der Waals surface area contributed by atoms with Crippen LogP contribution in [0.1, 0.15) is 42.8 Å². The fourth-order valence-corrected chi connectivity index (χ4v) is 1.97. The van der Waals surface area contributed by atoms with Gasteiger partial charge in [0.25, 0.3) is 0 Å². The normalized spacial score (nSPS) is 13.0. The summed E-state index contributed by atoms with van der Waals surface area (Å²) in [6, 6.07) is 8.30. The highest BCUT2D eigenvalue weighted by Crippen LogP contribution is 2.24. The van der Waals surface area contributed by atoms with Gasteiger partial charge < -0.3 is 0 Å². The molecule has 3 nitrogen and oxygen atoms in total. The largest absolute Gasteiger partial charge is 0.220 e. The van der Waals surface area contributed by atoms with Gasteiger partial charge in [0.1, 0.15) is 0 Å². The number of hydrogen-bond donors (Lipinski definition) is 0. The van der Waals surface area contributed by atoms with Crippen molar-refractivity contribution in [2.75, 3.05) is 0 Å². The molecule has 0 spiro atoms. The average Bonchev–Trinajstić information content (AvgIpc) is 2.78. The van der Waals surface area contributed by atoms with Crippen molar-refractivity contribution in [2.45, 2.75) is 31.5 Å². The highest BCUT2D eigenvalue weighted by molar-refractivity contribution is 9.09. The predicted octanol–water partition coefficient (Wildman–Crippen LogP) is 3.85. The zero-order valence-electron chi connectivity index (χ0n) is 10.3. The lowest BCUT2D eigenvalue weighted by atomic mass is 10.0. The maximum absolute atomic E-state index is 4.19. The third kappa shape index (κ3) is 2.57. The molecule has 1 aromatic heterocycles. The molecule has 1 heterocycles. The fraction of sp³-hybridized carbons (Fsp3) is 0.385. The van der Waals surface area contributed by atoms with Crippen LogP contribution in [0.3, 0.4) is 0 Å². The summed E-state index contributed by atoms with van der Waals surface area (Å²) in [4.78, 5) is 0.225. The summed E-state index contributed by atoms with van der Waals surface area (Å²) < 4.78 is 1.85. The van der Waals surface area contributed by atoms with Crippen LogP contribution in [0.15, 0.2) is 30.5 Å². The number of para-hydroxylation sites is 1. The highest BCUT2D eigenvalue weighted by atomic mass is 79.9. The molecule has 0 saturated carbocycles. The van der Waals surface area contributed by atoms with Gasteiger partial charge in [-0.3, -0.25) is 0 Å². The van der Waals surface area contributed by atoms with E-state index in [0.717, 1.165) is 11.4 Å². The highest BCUT2D eigenvalue weighted by Gasteiger charge is 2.11. The van der Waals surface area contributed by atoms with Crippen molar-refractivity contribution in [2.24, 2.45) is 0 Å². The van der Waals surface area contributed by atoms with E-state index in [1.54, 1.807) is 0 Å². The zero-order chi connectivity index (χ0) is 12.4. The monoisotopic (exact) mass is 293 g/mol. The number of alkyl halides is 1. The summed E-state index contributed by atoms with van der Waals surface area (Å²) in [5.74, 6) is 0.472. The maximum Gasteiger partial charge on any atom is 0.0965 e. The molecular formula is C13H16BrN3. The van der Waals surface area contributed by atoms with Crippen LogP contribution in [-0.2, 0) is 0 Å². The Bertz CT molecular complexity index is 503. The second kappa shape index (κ2) is 5.00. The van der Waals surface area contributed by atoms with E-state index in [1.165, 1.54) is 5.56 Å². The second-order valence-electron chi connectivity index (χ2n) is 4.42. The minimum atomic E-state index is 0.225. The van der Waals surface area contributed by atoms with Crippen LogP contribution in [0.4, 0.5) is 0 Å². The number of halogens is 1. The predicted molar refractivity (Wildman–Crippen MR) is 72.8 cm³/mol. The van der Waals surface area contributed by atoms with Crippen LogP contribution in [0.2, 0.25) is 0 Å². The molecule has 2 rings (SSSR count). The second-order valence-corrected chi connectivity index (χ2v) is 5.79. The summed E-state index contributed by atoms with van der Waals surface area (Å²) in [6.45, 7) is 6.41. The summed E-state index contributed by atoms with van der Waals surface area (Å²) >= 11 is 3.50. The Labute approximate surface area is 110 Å². The van der Waals surface area contributed by atoms with Gasteiger partial charge in [-0.1, -0.05) is 53.2 Å². The molecule has 0 aliphatic heterocycles. The van der Waals surface area contributed by atoms with Crippen LogP contribution in [0.25, 0.3) is 5.69 Å². The Balaban J connectivity index is 2.45. The summed E-state index contributed by atoms with van der Waals surface area (Å²) in [6.07, 6.45) is 1.97. The van der Waals surface area contributed by atoms with Gasteiger partial charge in [-0.05, 0) is 24.5 Å². The lowest BCUT2D eigenvalue weighted by molar-refractivity contribution is 0.768. The number of nitrogens with zero attached hydrogens (tertiary/aromatic N) is 3. The quantitative estimate of drug-likeness (QED) is 0.805. The Morgan fingerprint density at radius 1 is 1.18 bits per heavy atom. The van der Waals surface area contributed by atoms with Crippen LogP contribution in [0.5, 0.6) is 0 Å². The average molecular weight is 294 g/mol. The van der Waals surface area contributed by atoms with Gasteiger partial charge in [0.15, 0.2) is 0 Å². The van der Waals surface area contributed by atoms with Crippen molar-refractivity contribution in [3.05, 3.63) is 41.7 Å². The van der Waals surface area contributed by atoms with Gasteiger partial charge in [0.05, 0.1) is 22.4 Å². The Hall–Kier alpha value is -1.16. The molecule has 0 amide bonds. The van der Waals surface area contributed by atoms with Crippen molar-refractivity contribution in [1.82, 2.24) is 15.0 Å². The first-order valence-corrected chi connectivity index (χ1v) is 6.66. The van der Waals surface area contributed by atoms with E-state index in [2.05, 4.69) is 58.3 Å². The van der Waals surface area contributed by atoms with Gasteiger partial charge >= 0.3 is 0 Å². The summed E-state index contributed by atoms with van der Waals surface area (Å²) in [7, 11) is 0. The molecule has 0 aliphatic carbocycles. The number of rotatable bonds is 3. The molecule has 17 heavy (non-hydrogen) atoms. The van der Waals surface area contributed by atoms with Crippen LogP contribution in [0, 0.1) is 0 Å².